The number of methoxy groups -OCH3 is 2. The van der Waals surface area contributed by atoms with Crippen LogP contribution < -0.4 is 20.2 Å². The monoisotopic (exact) mass is 404 g/mol. The number of nitro benzene ring substituents is 1. The number of fused-ring (bicyclic) bond motifs is 1. The van der Waals surface area contributed by atoms with Gasteiger partial charge in [-0.25, -0.2) is 4.98 Å². The Morgan fingerprint density at radius 1 is 1.17 bits per heavy atom. The van der Waals surface area contributed by atoms with Crippen LogP contribution in [0.15, 0.2) is 17.7 Å². The zero-order chi connectivity index (χ0) is 22.2. The quantitative estimate of drug-likeness (QED) is 0.608. The predicted molar refractivity (Wildman–Crippen MR) is 109 cm³/mol. The lowest BCUT2D eigenvalue weighted by Crippen LogP contribution is -2.20. The average Bonchev–Trinajstić information content (AvgIpc) is 2.98. The standard InChI is InChI=1S/C21H17N5O4/c1-10-13(5-12-6-17(29-3)18(30-4)7-16(12)26(27)28)19-11(2)15(9-23)21(24)25-20(19)14(10)8-22/h5-7H,1-4H3,(H2,24,25)/p+1. The number of pyridine rings is 1. The fourth-order valence-corrected chi connectivity index (χ4v) is 3.59. The first-order valence-corrected chi connectivity index (χ1v) is 8.78. The Bertz CT molecular complexity index is 1250. The maximum atomic E-state index is 11.7. The highest BCUT2D eigenvalue weighted by Gasteiger charge is 2.33. The Hall–Kier alpha value is -4.37. The van der Waals surface area contributed by atoms with Crippen molar-refractivity contribution in [3.63, 3.8) is 0 Å². The summed E-state index contributed by atoms with van der Waals surface area (Å²) in [5.41, 5.74) is 9.54. The first kappa shape index (κ1) is 20.4. The molecule has 0 radical (unpaired) electrons. The molecule has 0 amide bonds. The van der Waals surface area contributed by atoms with Crippen LogP contribution in [0.1, 0.15) is 34.9 Å². The number of hydrogen-bond donors (Lipinski definition) is 1. The van der Waals surface area contributed by atoms with Gasteiger partial charge in [-0.05, 0) is 42.7 Å². The van der Waals surface area contributed by atoms with E-state index < -0.39 is 4.92 Å². The SMILES string of the molecule is COc1cc(C=C2C(C)=C(C#N)c3[nH+]c(N)c(C#N)c(C)c32)c([N+](=O)[O-])cc1OC. The lowest BCUT2D eigenvalue weighted by molar-refractivity contribution is -0.385. The van der Waals surface area contributed by atoms with E-state index in [9.17, 15) is 20.6 Å². The van der Waals surface area contributed by atoms with Crippen molar-refractivity contribution in [3.05, 3.63) is 55.8 Å². The third-order valence-corrected chi connectivity index (χ3v) is 5.08. The van der Waals surface area contributed by atoms with E-state index in [0.717, 1.165) is 0 Å². The fourth-order valence-electron chi connectivity index (χ4n) is 3.59. The molecule has 0 atom stereocenters. The van der Waals surface area contributed by atoms with Crippen molar-refractivity contribution in [2.75, 3.05) is 20.0 Å². The summed E-state index contributed by atoms with van der Waals surface area (Å²) in [5.74, 6) is 0.716. The summed E-state index contributed by atoms with van der Waals surface area (Å²) in [6.45, 7) is 3.47. The third-order valence-electron chi connectivity index (χ3n) is 5.08. The number of ether oxygens (including phenoxy) is 2. The Morgan fingerprint density at radius 2 is 1.80 bits per heavy atom. The fraction of sp³-hybridized carbons (Fsp3) is 0.190. The number of nitrogens with two attached hydrogens (primary N) is 1. The molecule has 0 saturated carbocycles. The first-order valence-electron chi connectivity index (χ1n) is 8.78. The highest BCUT2D eigenvalue weighted by atomic mass is 16.6. The molecule has 3 N–H and O–H groups in total. The van der Waals surface area contributed by atoms with E-state index in [-0.39, 0.29) is 28.4 Å². The zero-order valence-electron chi connectivity index (χ0n) is 16.8. The summed E-state index contributed by atoms with van der Waals surface area (Å²) >= 11 is 0. The van der Waals surface area contributed by atoms with Gasteiger partial charge in [0.25, 0.3) is 11.5 Å². The maximum Gasteiger partial charge on any atom is 0.289 e. The molecule has 30 heavy (non-hydrogen) atoms. The van der Waals surface area contributed by atoms with Gasteiger partial charge in [-0.15, -0.1) is 0 Å². The number of rotatable bonds is 4. The molecule has 0 spiro atoms. The zero-order valence-corrected chi connectivity index (χ0v) is 16.8. The van der Waals surface area contributed by atoms with Crippen molar-refractivity contribution >= 4 is 28.7 Å². The van der Waals surface area contributed by atoms with Crippen LogP contribution in [0.5, 0.6) is 11.5 Å². The van der Waals surface area contributed by atoms with E-state index in [2.05, 4.69) is 17.1 Å². The average molecular weight is 404 g/mol. The third kappa shape index (κ3) is 2.99. The molecule has 1 aliphatic rings. The smallest absolute Gasteiger partial charge is 0.289 e. The van der Waals surface area contributed by atoms with E-state index in [1.165, 1.54) is 26.4 Å². The minimum Gasteiger partial charge on any atom is -0.493 e. The largest absolute Gasteiger partial charge is 0.493 e. The van der Waals surface area contributed by atoms with Crippen LogP contribution in [0, 0.1) is 39.7 Å². The number of aromatic amines is 1. The molecule has 0 saturated heterocycles. The summed E-state index contributed by atoms with van der Waals surface area (Å²) in [7, 11) is 2.83. The second kappa shape index (κ2) is 7.57. The molecular weight excluding hydrogens is 386 g/mol. The molecule has 0 aliphatic heterocycles. The molecular formula is C21H18N5O4+. The van der Waals surface area contributed by atoms with Crippen LogP contribution in [0.2, 0.25) is 0 Å². The van der Waals surface area contributed by atoms with Crippen molar-refractivity contribution in [2.24, 2.45) is 0 Å². The lowest BCUT2D eigenvalue weighted by atomic mass is 9.95. The molecule has 1 heterocycles. The molecule has 1 aliphatic carbocycles. The number of nitrogen functional groups attached to an aromatic ring is 1. The van der Waals surface area contributed by atoms with Gasteiger partial charge in [0.05, 0.1) is 30.8 Å². The minimum absolute atomic E-state index is 0.160. The second-order valence-corrected chi connectivity index (χ2v) is 6.59. The number of benzene rings is 1. The van der Waals surface area contributed by atoms with Crippen molar-refractivity contribution in [2.45, 2.75) is 13.8 Å². The van der Waals surface area contributed by atoms with E-state index >= 15 is 0 Å². The van der Waals surface area contributed by atoms with Gasteiger partial charge in [-0.1, -0.05) is 0 Å². The Kier molecular flexibility index (Phi) is 5.14. The van der Waals surface area contributed by atoms with E-state index in [0.29, 0.717) is 39.3 Å². The Morgan fingerprint density at radius 3 is 2.33 bits per heavy atom. The number of hydrogen-bond acceptors (Lipinski definition) is 7. The summed E-state index contributed by atoms with van der Waals surface area (Å²) < 4.78 is 10.5. The highest BCUT2D eigenvalue weighted by Crippen LogP contribution is 2.44. The van der Waals surface area contributed by atoms with Crippen LogP contribution in [0.4, 0.5) is 11.5 Å². The van der Waals surface area contributed by atoms with Crippen molar-refractivity contribution in [3.8, 4) is 23.6 Å². The second-order valence-electron chi connectivity index (χ2n) is 6.59. The number of allylic oxidation sites excluding steroid dienone is 3. The van der Waals surface area contributed by atoms with Gasteiger partial charge in [0.15, 0.2) is 17.2 Å². The normalized spacial score (nSPS) is 13.6. The molecule has 0 bridgehead atoms. The Labute approximate surface area is 172 Å². The van der Waals surface area contributed by atoms with Gasteiger partial charge >= 0.3 is 0 Å². The van der Waals surface area contributed by atoms with Crippen molar-refractivity contribution in [1.82, 2.24) is 0 Å². The molecule has 150 valence electrons. The molecule has 3 rings (SSSR count). The lowest BCUT2D eigenvalue weighted by Gasteiger charge is -2.11. The molecule has 2 aromatic rings. The van der Waals surface area contributed by atoms with Crippen LogP contribution in [-0.2, 0) is 0 Å². The number of nitro groups is 1. The van der Waals surface area contributed by atoms with Gasteiger partial charge in [0, 0.05) is 5.56 Å². The molecule has 1 aromatic heterocycles. The van der Waals surface area contributed by atoms with Gasteiger partial charge in [-0.3, -0.25) is 15.8 Å². The van der Waals surface area contributed by atoms with Crippen LogP contribution in [0.3, 0.4) is 0 Å². The van der Waals surface area contributed by atoms with Crippen LogP contribution in [0.25, 0.3) is 17.2 Å². The number of nitrogens with one attached hydrogen (secondary N) is 1. The van der Waals surface area contributed by atoms with E-state index in [4.69, 9.17) is 15.2 Å². The number of nitrogens with zero attached hydrogens (tertiary/aromatic N) is 3. The summed E-state index contributed by atoms with van der Waals surface area (Å²) in [6.07, 6.45) is 1.61. The summed E-state index contributed by atoms with van der Waals surface area (Å²) in [6, 6.07) is 6.99. The topological polar surface area (TPSA) is 149 Å². The van der Waals surface area contributed by atoms with Crippen molar-refractivity contribution < 1.29 is 19.4 Å². The summed E-state index contributed by atoms with van der Waals surface area (Å²) in [4.78, 5) is 14.1. The molecule has 1 aromatic carbocycles. The molecule has 0 fully saturated rings. The molecule has 9 nitrogen and oxygen atoms in total. The maximum absolute atomic E-state index is 11.7. The Balaban J connectivity index is 2.39. The highest BCUT2D eigenvalue weighted by molar-refractivity contribution is 6.08. The first-order chi connectivity index (χ1) is 14.3. The van der Waals surface area contributed by atoms with Gasteiger partial charge in [0.1, 0.15) is 23.3 Å². The van der Waals surface area contributed by atoms with Crippen LogP contribution >= 0.6 is 0 Å². The summed E-state index contributed by atoms with van der Waals surface area (Å²) in [5, 5.41) is 30.8. The molecule has 0 unspecified atom stereocenters. The number of H-pyrrole nitrogens is 1. The van der Waals surface area contributed by atoms with E-state index in [1.807, 2.05) is 0 Å². The van der Waals surface area contributed by atoms with Crippen LogP contribution in [-0.4, -0.2) is 19.1 Å². The van der Waals surface area contributed by atoms with Gasteiger partial charge in [0.2, 0.25) is 0 Å². The molecule has 9 heteroatoms. The predicted octanol–water partition coefficient (Wildman–Crippen LogP) is 3.04. The van der Waals surface area contributed by atoms with Gasteiger partial charge in [-0.2, -0.15) is 10.5 Å². The van der Waals surface area contributed by atoms with E-state index in [1.54, 1.807) is 19.9 Å². The number of aromatic nitrogens is 1. The minimum atomic E-state index is -0.517. The number of nitriles is 2. The van der Waals surface area contributed by atoms with Gasteiger partial charge < -0.3 is 9.47 Å². The number of anilines is 1. The van der Waals surface area contributed by atoms with Crippen molar-refractivity contribution in [1.29, 1.82) is 10.5 Å².